The molecule has 4 heteroatoms. The molecule has 1 aromatic rings. The van der Waals surface area contributed by atoms with Crippen molar-refractivity contribution in [3.8, 4) is 0 Å². The van der Waals surface area contributed by atoms with E-state index in [4.69, 9.17) is 5.73 Å². The summed E-state index contributed by atoms with van der Waals surface area (Å²) >= 11 is 4.11. The van der Waals surface area contributed by atoms with Gasteiger partial charge in [0, 0.05) is 19.6 Å². The third-order valence-corrected chi connectivity index (χ3v) is 3.11. The lowest BCUT2D eigenvalue weighted by molar-refractivity contribution is 0.696. The molecule has 2 nitrogen and oxygen atoms in total. The Kier molecular flexibility index (Phi) is 4.36. The van der Waals surface area contributed by atoms with Crippen LogP contribution in [0, 0.1) is 2.88 Å². The summed E-state index contributed by atoms with van der Waals surface area (Å²) in [7, 11) is 0. The maximum absolute atomic E-state index is 5.34. The molecule has 0 aliphatic rings. The summed E-state index contributed by atoms with van der Waals surface area (Å²) in [5, 5.41) is 5.41. The number of nitrogens with one attached hydrogen (secondary N) is 1. The van der Waals surface area contributed by atoms with Gasteiger partial charge in [-0.3, -0.25) is 0 Å². The predicted octanol–water partition coefficient (Wildman–Crippen LogP) is 1.40. The van der Waals surface area contributed by atoms with Crippen molar-refractivity contribution in [3.05, 3.63) is 19.9 Å². The van der Waals surface area contributed by atoms with Crippen molar-refractivity contribution in [2.45, 2.75) is 6.54 Å². The topological polar surface area (TPSA) is 38.0 Å². The second-order valence-electron chi connectivity index (χ2n) is 2.22. The maximum Gasteiger partial charge on any atom is 0.0656 e. The SMILES string of the molecule is NCCNCc1csc(I)c1. The average Bonchev–Trinajstić information content (AvgIpc) is 2.37. The predicted molar refractivity (Wildman–Crippen MR) is 57.8 cm³/mol. The van der Waals surface area contributed by atoms with Gasteiger partial charge < -0.3 is 11.1 Å². The summed E-state index contributed by atoms with van der Waals surface area (Å²) in [5.41, 5.74) is 6.69. The molecule has 0 aliphatic heterocycles. The summed E-state index contributed by atoms with van der Waals surface area (Å²) in [4.78, 5) is 0. The van der Waals surface area contributed by atoms with E-state index >= 15 is 0 Å². The molecule has 0 saturated heterocycles. The Morgan fingerprint density at radius 3 is 3.00 bits per heavy atom. The molecular weight excluding hydrogens is 271 g/mol. The van der Waals surface area contributed by atoms with Crippen LogP contribution in [0.25, 0.3) is 0 Å². The van der Waals surface area contributed by atoms with Crippen molar-refractivity contribution in [2.75, 3.05) is 13.1 Å². The zero-order chi connectivity index (χ0) is 8.10. The molecule has 0 amide bonds. The third kappa shape index (κ3) is 3.50. The lowest BCUT2D eigenvalue weighted by Gasteiger charge is -1.98. The minimum absolute atomic E-state index is 0.710. The number of thiophene rings is 1. The van der Waals surface area contributed by atoms with Gasteiger partial charge >= 0.3 is 0 Å². The highest BCUT2D eigenvalue weighted by atomic mass is 127. The van der Waals surface area contributed by atoms with Crippen LogP contribution >= 0.6 is 33.9 Å². The summed E-state index contributed by atoms with van der Waals surface area (Å²) < 4.78 is 1.34. The van der Waals surface area contributed by atoms with E-state index in [9.17, 15) is 0 Å². The van der Waals surface area contributed by atoms with Gasteiger partial charge in [0.25, 0.3) is 0 Å². The first kappa shape index (κ1) is 9.44. The normalized spacial score (nSPS) is 10.4. The average molecular weight is 282 g/mol. The lowest BCUT2D eigenvalue weighted by atomic mass is 10.3. The minimum atomic E-state index is 0.710. The first-order chi connectivity index (χ1) is 5.33. The molecule has 0 aromatic carbocycles. The van der Waals surface area contributed by atoms with Crippen LogP contribution in [-0.2, 0) is 6.54 Å². The van der Waals surface area contributed by atoms with Crippen LogP contribution in [0.15, 0.2) is 11.4 Å². The summed E-state index contributed by atoms with van der Waals surface area (Å²) in [5.74, 6) is 0. The quantitative estimate of drug-likeness (QED) is 0.647. The third-order valence-electron chi connectivity index (χ3n) is 1.27. The molecule has 0 aliphatic carbocycles. The molecule has 0 bridgehead atoms. The van der Waals surface area contributed by atoms with Gasteiger partial charge in [0.2, 0.25) is 0 Å². The van der Waals surface area contributed by atoms with E-state index in [0.717, 1.165) is 13.1 Å². The van der Waals surface area contributed by atoms with E-state index in [-0.39, 0.29) is 0 Å². The van der Waals surface area contributed by atoms with Crippen molar-refractivity contribution < 1.29 is 0 Å². The van der Waals surface area contributed by atoms with Crippen LogP contribution in [0.4, 0.5) is 0 Å². The van der Waals surface area contributed by atoms with Gasteiger partial charge in [-0.25, -0.2) is 0 Å². The number of rotatable bonds is 4. The first-order valence-electron chi connectivity index (χ1n) is 3.46. The molecule has 1 rings (SSSR count). The molecule has 0 atom stereocenters. The summed E-state index contributed by atoms with van der Waals surface area (Å²) in [6.07, 6.45) is 0. The molecule has 1 heterocycles. The van der Waals surface area contributed by atoms with Gasteiger partial charge in [-0.05, 0) is 39.6 Å². The van der Waals surface area contributed by atoms with Gasteiger partial charge in [0.15, 0.2) is 0 Å². The van der Waals surface area contributed by atoms with Crippen molar-refractivity contribution in [3.63, 3.8) is 0 Å². The van der Waals surface area contributed by atoms with E-state index in [0.29, 0.717) is 6.54 Å². The number of nitrogens with two attached hydrogens (primary N) is 1. The van der Waals surface area contributed by atoms with Crippen LogP contribution in [0.1, 0.15) is 5.56 Å². The van der Waals surface area contributed by atoms with Gasteiger partial charge in [-0.15, -0.1) is 11.3 Å². The van der Waals surface area contributed by atoms with Crippen molar-refractivity contribution >= 4 is 33.9 Å². The zero-order valence-corrected chi connectivity index (χ0v) is 9.11. The smallest absolute Gasteiger partial charge is 0.0656 e. The summed E-state index contributed by atoms with van der Waals surface area (Å²) in [6, 6.07) is 2.19. The second kappa shape index (κ2) is 5.08. The monoisotopic (exact) mass is 282 g/mol. The van der Waals surface area contributed by atoms with E-state index in [1.165, 1.54) is 8.45 Å². The van der Waals surface area contributed by atoms with Crippen molar-refractivity contribution in [1.82, 2.24) is 5.32 Å². The minimum Gasteiger partial charge on any atom is -0.329 e. The van der Waals surface area contributed by atoms with Gasteiger partial charge in [-0.2, -0.15) is 0 Å². The fourth-order valence-corrected chi connectivity index (χ4v) is 2.19. The van der Waals surface area contributed by atoms with Gasteiger partial charge in [0.1, 0.15) is 0 Å². The lowest BCUT2D eigenvalue weighted by Crippen LogP contribution is -2.21. The number of halogens is 1. The molecule has 1 aromatic heterocycles. The van der Waals surface area contributed by atoms with Crippen molar-refractivity contribution in [2.24, 2.45) is 5.73 Å². The van der Waals surface area contributed by atoms with E-state index < -0.39 is 0 Å². The van der Waals surface area contributed by atoms with E-state index in [2.05, 4.69) is 39.4 Å². The molecule has 11 heavy (non-hydrogen) atoms. The Balaban J connectivity index is 2.27. The second-order valence-corrected chi connectivity index (χ2v) is 5.03. The largest absolute Gasteiger partial charge is 0.329 e. The highest BCUT2D eigenvalue weighted by Gasteiger charge is 1.94. The maximum atomic E-state index is 5.34. The number of hydrogen-bond donors (Lipinski definition) is 2. The van der Waals surface area contributed by atoms with Gasteiger partial charge in [0.05, 0.1) is 2.88 Å². The zero-order valence-electron chi connectivity index (χ0n) is 6.14. The Morgan fingerprint density at radius 2 is 2.45 bits per heavy atom. The van der Waals surface area contributed by atoms with E-state index in [1.807, 2.05) is 0 Å². The molecule has 0 saturated carbocycles. The van der Waals surface area contributed by atoms with Crippen LogP contribution in [0.2, 0.25) is 0 Å². The fourth-order valence-electron chi connectivity index (χ4n) is 0.773. The first-order valence-corrected chi connectivity index (χ1v) is 5.42. The Hall–Kier alpha value is 0.350. The Labute approximate surface area is 84.3 Å². The Morgan fingerprint density at radius 1 is 1.64 bits per heavy atom. The van der Waals surface area contributed by atoms with Crippen molar-refractivity contribution in [1.29, 1.82) is 0 Å². The fraction of sp³-hybridized carbons (Fsp3) is 0.429. The van der Waals surface area contributed by atoms with Crippen LogP contribution < -0.4 is 11.1 Å². The molecule has 3 N–H and O–H groups in total. The van der Waals surface area contributed by atoms with Crippen LogP contribution in [0.3, 0.4) is 0 Å². The molecule has 0 spiro atoms. The molecule has 62 valence electrons. The number of hydrogen-bond acceptors (Lipinski definition) is 3. The Bertz CT molecular complexity index is 212. The van der Waals surface area contributed by atoms with Gasteiger partial charge in [-0.1, -0.05) is 0 Å². The standard InChI is InChI=1S/C7H11IN2S/c8-7-3-6(5-11-7)4-10-2-1-9/h3,5,10H,1-2,4,9H2. The van der Waals surface area contributed by atoms with E-state index in [1.54, 1.807) is 11.3 Å². The molecule has 0 fully saturated rings. The highest BCUT2D eigenvalue weighted by molar-refractivity contribution is 14.1. The molecule has 0 unspecified atom stereocenters. The summed E-state index contributed by atoms with van der Waals surface area (Å²) in [6.45, 7) is 2.55. The van der Waals surface area contributed by atoms with Crippen LogP contribution in [-0.4, -0.2) is 13.1 Å². The van der Waals surface area contributed by atoms with Crippen LogP contribution in [0.5, 0.6) is 0 Å². The highest BCUT2D eigenvalue weighted by Crippen LogP contribution is 2.15. The molecular formula is C7H11IN2S. The molecule has 0 radical (unpaired) electrons.